The predicted molar refractivity (Wildman–Crippen MR) is 50.6 cm³/mol. The van der Waals surface area contributed by atoms with Crippen LogP contribution in [0.1, 0.15) is 10.4 Å². The van der Waals surface area contributed by atoms with E-state index in [4.69, 9.17) is 16.6 Å². The Labute approximate surface area is 78.7 Å². The zero-order valence-corrected chi connectivity index (χ0v) is 7.60. The van der Waals surface area contributed by atoms with Gasteiger partial charge in [-0.3, -0.25) is 4.79 Å². The minimum absolute atomic E-state index is 0.0317. The van der Waals surface area contributed by atoms with Gasteiger partial charge in [0, 0.05) is 6.54 Å². The smallest absolute Gasteiger partial charge is 0.255 e. The second-order valence-electron chi connectivity index (χ2n) is 2.29. The number of hydrogen-bond donors (Lipinski definition) is 4. The quantitative estimate of drug-likeness (QED) is 0.512. The molecule has 7 heteroatoms. The Bertz CT molecular complexity index is 312. The Morgan fingerprint density at radius 1 is 1.69 bits per heavy atom. The first kappa shape index (κ1) is 9.75. The molecule has 72 valence electrons. The van der Waals surface area contributed by atoms with Gasteiger partial charge in [-0.15, -0.1) is 0 Å². The van der Waals surface area contributed by atoms with Crippen LogP contribution >= 0.6 is 11.5 Å². The van der Waals surface area contributed by atoms with Crippen LogP contribution in [0.4, 0.5) is 10.8 Å². The van der Waals surface area contributed by atoms with Crippen LogP contribution in [0.3, 0.4) is 0 Å². The molecule has 0 spiro atoms. The molecular weight excluding hydrogens is 192 g/mol. The van der Waals surface area contributed by atoms with Gasteiger partial charge < -0.3 is 21.9 Å². The molecule has 1 aromatic rings. The number of carbonyl (C=O) groups excluding carboxylic acids is 1. The minimum atomic E-state index is -0.619. The van der Waals surface area contributed by atoms with Gasteiger partial charge in [-0.1, -0.05) is 0 Å². The fraction of sp³-hybridized carbons (Fsp3) is 0.333. The Morgan fingerprint density at radius 2 is 2.38 bits per heavy atom. The van der Waals surface area contributed by atoms with Gasteiger partial charge in [0.05, 0.1) is 6.61 Å². The maximum absolute atomic E-state index is 10.9. The molecule has 0 unspecified atom stereocenters. The lowest BCUT2D eigenvalue weighted by atomic mass is 10.3. The summed E-state index contributed by atoms with van der Waals surface area (Å²) in [6, 6.07) is 0. The van der Waals surface area contributed by atoms with Crippen LogP contribution in [0, 0.1) is 0 Å². The fourth-order valence-electron chi connectivity index (χ4n) is 0.831. The average Bonchev–Trinajstić information content (AvgIpc) is 2.43. The lowest BCUT2D eigenvalue weighted by molar-refractivity contribution is 0.100. The van der Waals surface area contributed by atoms with Crippen molar-refractivity contribution in [3.8, 4) is 0 Å². The number of carbonyl (C=O) groups is 1. The zero-order valence-electron chi connectivity index (χ0n) is 6.78. The highest BCUT2D eigenvalue weighted by atomic mass is 32.1. The fourth-order valence-corrected chi connectivity index (χ4v) is 1.57. The van der Waals surface area contributed by atoms with E-state index in [1.807, 2.05) is 0 Å². The molecule has 6 nitrogen and oxygen atoms in total. The molecule has 1 aromatic heterocycles. The van der Waals surface area contributed by atoms with Gasteiger partial charge in [-0.25, -0.2) is 0 Å². The van der Waals surface area contributed by atoms with Crippen molar-refractivity contribution in [3.63, 3.8) is 0 Å². The molecule has 0 aliphatic carbocycles. The first-order valence-corrected chi connectivity index (χ1v) is 4.33. The van der Waals surface area contributed by atoms with E-state index in [9.17, 15) is 4.79 Å². The molecule has 0 radical (unpaired) electrons. The number of aromatic nitrogens is 1. The first-order valence-electron chi connectivity index (χ1n) is 3.56. The van der Waals surface area contributed by atoms with E-state index < -0.39 is 5.91 Å². The number of aliphatic hydroxyl groups is 1. The average molecular weight is 202 g/mol. The molecular formula is C6H10N4O2S. The third-order valence-electron chi connectivity index (χ3n) is 1.36. The molecule has 6 N–H and O–H groups in total. The molecule has 1 heterocycles. The Kier molecular flexibility index (Phi) is 3.04. The lowest BCUT2D eigenvalue weighted by Gasteiger charge is -2.01. The van der Waals surface area contributed by atoms with E-state index in [0.29, 0.717) is 11.5 Å². The van der Waals surface area contributed by atoms with Gasteiger partial charge in [0.1, 0.15) is 10.6 Å². The van der Waals surface area contributed by atoms with Gasteiger partial charge in [0.15, 0.2) is 5.82 Å². The van der Waals surface area contributed by atoms with Crippen molar-refractivity contribution in [2.45, 2.75) is 0 Å². The van der Waals surface area contributed by atoms with Crippen LogP contribution in [0.2, 0.25) is 0 Å². The molecule has 0 aliphatic heterocycles. The predicted octanol–water partition coefficient (Wildman–Crippen LogP) is -0.772. The number of primary amides is 1. The molecule has 0 atom stereocenters. The molecule has 0 aromatic carbocycles. The largest absolute Gasteiger partial charge is 0.395 e. The van der Waals surface area contributed by atoms with E-state index in [0.717, 1.165) is 11.5 Å². The summed E-state index contributed by atoms with van der Waals surface area (Å²) >= 11 is 1.05. The van der Waals surface area contributed by atoms with Crippen LogP contribution in [-0.2, 0) is 0 Å². The van der Waals surface area contributed by atoms with Crippen molar-refractivity contribution in [2.75, 3.05) is 24.2 Å². The highest BCUT2D eigenvalue weighted by Crippen LogP contribution is 2.25. The number of rotatable bonds is 4. The normalized spacial score (nSPS) is 9.92. The highest BCUT2D eigenvalue weighted by molar-refractivity contribution is 7.11. The molecule has 0 fully saturated rings. The standard InChI is InChI=1S/C6H10N4O2S/c7-4-3(5(8)12)6(13-10-4)9-1-2-11/h9,11H,1-2H2,(H2,7,10)(H2,8,12). The van der Waals surface area contributed by atoms with Gasteiger partial charge in [0.25, 0.3) is 5.91 Å². The summed E-state index contributed by atoms with van der Waals surface area (Å²) in [6.45, 7) is 0.303. The third-order valence-corrected chi connectivity index (χ3v) is 2.18. The second kappa shape index (κ2) is 4.06. The summed E-state index contributed by atoms with van der Waals surface area (Å²) in [5.74, 6) is -0.496. The van der Waals surface area contributed by atoms with Crippen LogP contribution < -0.4 is 16.8 Å². The topological polar surface area (TPSA) is 114 Å². The van der Waals surface area contributed by atoms with Crippen LogP contribution in [-0.4, -0.2) is 28.5 Å². The molecule has 1 amide bonds. The maximum Gasteiger partial charge on any atom is 0.255 e. The van der Waals surface area contributed by atoms with Gasteiger partial charge in [-0.05, 0) is 11.5 Å². The Balaban J connectivity index is 2.87. The van der Waals surface area contributed by atoms with E-state index in [1.54, 1.807) is 0 Å². The van der Waals surface area contributed by atoms with Crippen molar-refractivity contribution in [1.29, 1.82) is 0 Å². The molecule has 0 saturated carbocycles. The van der Waals surface area contributed by atoms with Crippen molar-refractivity contribution in [3.05, 3.63) is 5.56 Å². The molecule has 0 bridgehead atoms. The summed E-state index contributed by atoms with van der Waals surface area (Å²) < 4.78 is 3.77. The summed E-state index contributed by atoms with van der Waals surface area (Å²) in [5, 5.41) is 11.8. The van der Waals surface area contributed by atoms with Crippen LogP contribution in [0.5, 0.6) is 0 Å². The number of aliphatic hydroxyl groups excluding tert-OH is 1. The van der Waals surface area contributed by atoms with E-state index in [1.165, 1.54) is 0 Å². The molecule has 13 heavy (non-hydrogen) atoms. The second-order valence-corrected chi connectivity index (χ2v) is 3.06. The number of nitrogens with two attached hydrogens (primary N) is 2. The van der Waals surface area contributed by atoms with Crippen molar-refractivity contribution < 1.29 is 9.90 Å². The van der Waals surface area contributed by atoms with Gasteiger partial charge in [0.2, 0.25) is 0 Å². The zero-order chi connectivity index (χ0) is 9.84. The number of nitrogens with zero attached hydrogens (tertiary/aromatic N) is 1. The maximum atomic E-state index is 10.9. The van der Waals surface area contributed by atoms with E-state index in [-0.39, 0.29) is 18.0 Å². The Hall–Kier alpha value is -1.34. The summed E-state index contributed by atoms with van der Waals surface area (Å²) in [4.78, 5) is 10.9. The number of nitrogen functional groups attached to an aromatic ring is 1. The van der Waals surface area contributed by atoms with Crippen molar-refractivity contribution in [1.82, 2.24) is 4.37 Å². The summed E-state index contributed by atoms with van der Waals surface area (Å²) in [6.07, 6.45) is 0. The summed E-state index contributed by atoms with van der Waals surface area (Å²) in [7, 11) is 0. The van der Waals surface area contributed by atoms with Gasteiger partial charge >= 0.3 is 0 Å². The number of hydrogen-bond acceptors (Lipinski definition) is 6. The van der Waals surface area contributed by atoms with Gasteiger partial charge in [-0.2, -0.15) is 4.37 Å². The molecule has 0 aliphatic rings. The molecule has 1 rings (SSSR count). The lowest BCUT2D eigenvalue weighted by Crippen LogP contribution is -2.15. The van der Waals surface area contributed by atoms with Crippen LogP contribution in [0.15, 0.2) is 0 Å². The van der Waals surface area contributed by atoms with Crippen LogP contribution in [0.25, 0.3) is 0 Å². The monoisotopic (exact) mass is 202 g/mol. The van der Waals surface area contributed by atoms with E-state index in [2.05, 4.69) is 9.69 Å². The Morgan fingerprint density at radius 3 is 2.92 bits per heavy atom. The highest BCUT2D eigenvalue weighted by Gasteiger charge is 2.15. The summed E-state index contributed by atoms with van der Waals surface area (Å²) in [5.41, 5.74) is 10.7. The molecule has 0 saturated heterocycles. The third kappa shape index (κ3) is 2.07. The number of nitrogens with one attached hydrogen (secondary N) is 1. The number of amides is 1. The minimum Gasteiger partial charge on any atom is -0.395 e. The first-order chi connectivity index (χ1) is 6.16. The van der Waals surface area contributed by atoms with Crippen molar-refractivity contribution in [2.24, 2.45) is 5.73 Å². The van der Waals surface area contributed by atoms with Crippen molar-refractivity contribution >= 4 is 28.3 Å². The SMILES string of the molecule is NC(=O)c1c(N)nsc1NCCO. The van der Waals surface area contributed by atoms with E-state index >= 15 is 0 Å². The number of anilines is 2.